The van der Waals surface area contributed by atoms with Gasteiger partial charge in [0.2, 0.25) is 5.91 Å². The van der Waals surface area contributed by atoms with Crippen molar-refractivity contribution in [2.45, 2.75) is 6.54 Å². The van der Waals surface area contributed by atoms with Crippen LogP contribution in [0.25, 0.3) is 11.0 Å². The molecule has 0 spiro atoms. The highest BCUT2D eigenvalue weighted by molar-refractivity contribution is 5.80. The van der Waals surface area contributed by atoms with Crippen molar-refractivity contribution in [2.24, 2.45) is 0 Å². The van der Waals surface area contributed by atoms with Crippen LogP contribution in [0.4, 0.5) is 10.2 Å². The summed E-state index contributed by atoms with van der Waals surface area (Å²) < 4.78 is 14.6. The molecule has 1 amide bonds. The van der Waals surface area contributed by atoms with Gasteiger partial charge in [0.25, 0.3) is 0 Å². The predicted molar refractivity (Wildman–Crippen MR) is 95.5 cm³/mol. The lowest BCUT2D eigenvalue weighted by atomic mass is 10.3. The molecule has 8 heteroatoms. The zero-order valence-electron chi connectivity index (χ0n) is 14.1. The number of hydrogen-bond acceptors (Lipinski definition) is 4. The SMILES string of the molecule is O=C(Cn1c(=O)[nH]c2cc(F)ccc21)N1CCN(c2ccccn2)CC1. The number of piperazine rings is 1. The molecule has 1 aliphatic rings. The predicted octanol–water partition coefficient (Wildman–Crippen LogP) is 1.21. The van der Waals surface area contributed by atoms with Crippen molar-refractivity contribution >= 4 is 22.8 Å². The Bertz CT molecular complexity index is 990. The number of aromatic nitrogens is 3. The molecule has 3 aromatic rings. The van der Waals surface area contributed by atoms with Crippen LogP contribution in [-0.2, 0) is 11.3 Å². The Balaban J connectivity index is 1.45. The number of amides is 1. The fourth-order valence-corrected chi connectivity index (χ4v) is 3.25. The third kappa shape index (κ3) is 3.05. The first-order valence-electron chi connectivity index (χ1n) is 8.43. The third-order valence-electron chi connectivity index (χ3n) is 4.64. The maximum atomic E-state index is 13.3. The van der Waals surface area contributed by atoms with Gasteiger partial charge in [0.05, 0.1) is 11.0 Å². The van der Waals surface area contributed by atoms with Crippen LogP contribution in [0, 0.1) is 5.82 Å². The second-order valence-corrected chi connectivity index (χ2v) is 6.23. The molecule has 134 valence electrons. The van der Waals surface area contributed by atoms with Crippen LogP contribution < -0.4 is 10.6 Å². The summed E-state index contributed by atoms with van der Waals surface area (Å²) in [5, 5.41) is 0. The van der Waals surface area contributed by atoms with Crippen molar-refractivity contribution < 1.29 is 9.18 Å². The molecule has 3 heterocycles. The number of pyridine rings is 1. The number of benzene rings is 1. The third-order valence-corrected chi connectivity index (χ3v) is 4.64. The molecule has 0 radical (unpaired) electrons. The van der Waals surface area contributed by atoms with Crippen molar-refractivity contribution in [1.29, 1.82) is 0 Å². The van der Waals surface area contributed by atoms with Crippen LogP contribution in [0.1, 0.15) is 0 Å². The lowest BCUT2D eigenvalue weighted by molar-refractivity contribution is -0.132. The van der Waals surface area contributed by atoms with Crippen LogP contribution in [0.15, 0.2) is 47.4 Å². The minimum Gasteiger partial charge on any atom is -0.353 e. The number of anilines is 1. The van der Waals surface area contributed by atoms with Gasteiger partial charge in [-0.25, -0.2) is 14.2 Å². The van der Waals surface area contributed by atoms with Gasteiger partial charge in [-0.1, -0.05) is 6.07 Å². The standard InChI is InChI=1S/C18H18FN5O2/c19-13-4-5-15-14(11-13)21-18(26)24(15)12-17(25)23-9-7-22(8-10-23)16-3-1-2-6-20-16/h1-6,11H,7-10,12H2,(H,21,26). The second-order valence-electron chi connectivity index (χ2n) is 6.23. The highest BCUT2D eigenvalue weighted by Gasteiger charge is 2.23. The second kappa shape index (κ2) is 6.62. The fraction of sp³-hybridized carbons (Fsp3) is 0.278. The van der Waals surface area contributed by atoms with Gasteiger partial charge in [-0.3, -0.25) is 9.36 Å². The lowest BCUT2D eigenvalue weighted by Gasteiger charge is -2.35. The number of rotatable bonds is 3. The number of nitrogens with one attached hydrogen (secondary N) is 1. The normalized spacial score (nSPS) is 14.8. The Morgan fingerprint density at radius 1 is 1.15 bits per heavy atom. The van der Waals surface area contributed by atoms with E-state index < -0.39 is 11.5 Å². The lowest BCUT2D eigenvalue weighted by Crippen LogP contribution is -2.50. The number of fused-ring (bicyclic) bond motifs is 1. The summed E-state index contributed by atoms with van der Waals surface area (Å²) in [7, 11) is 0. The summed E-state index contributed by atoms with van der Waals surface area (Å²) in [6.45, 7) is 2.46. The van der Waals surface area contributed by atoms with E-state index in [0.717, 1.165) is 5.82 Å². The van der Waals surface area contributed by atoms with Gasteiger partial charge in [-0.2, -0.15) is 0 Å². The number of carbonyl (C=O) groups excluding carboxylic acids is 1. The van der Waals surface area contributed by atoms with E-state index in [0.29, 0.717) is 37.2 Å². The van der Waals surface area contributed by atoms with Gasteiger partial charge in [0.1, 0.15) is 18.2 Å². The number of H-pyrrole nitrogens is 1. The molecule has 1 saturated heterocycles. The largest absolute Gasteiger partial charge is 0.353 e. The molecule has 2 aromatic heterocycles. The van der Waals surface area contributed by atoms with Gasteiger partial charge in [-0.05, 0) is 30.3 Å². The van der Waals surface area contributed by atoms with Crippen LogP contribution in [-0.4, -0.2) is 51.5 Å². The van der Waals surface area contributed by atoms with E-state index in [4.69, 9.17) is 0 Å². The summed E-state index contributed by atoms with van der Waals surface area (Å²) in [6, 6.07) is 9.79. The van der Waals surface area contributed by atoms with E-state index in [-0.39, 0.29) is 12.5 Å². The Hall–Kier alpha value is -3.16. The minimum atomic E-state index is -0.428. The Labute approximate surface area is 148 Å². The average Bonchev–Trinajstić information content (AvgIpc) is 2.97. The van der Waals surface area contributed by atoms with Crippen molar-refractivity contribution in [2.75, 3.05) is 31.1 Å². The van der Waals surface area contributed by atoms with Gasteiger partial charge in [-0.15, -0.1) is 0 Å². The van der Waals surface area contributed by atoms with Gasteiger partial charge < -0.3 is 14.8 Å². The van der Waals surface area contributed by atoms with E-state index >= 15 is 0 Å². The molecule has 0 bridgehead atoms. The molecule has 0 atom stereocenters. The monoisotopic (exact) mass is 355 g/mol. The molecule has 4 rings (SSSR count). The summed E-state index contributed by atoms with van der Waals surface area (Å²) in [5.74, 6) is 0.343. The summed E-state index contributed by atoms with van der Waals surface area (Å²) in [5.41, 5.74) is 0.505. The van der Waals surface area contributed by atoms with Crippen LogP contribution in [0.2, 0.25) is 0 Å². The number of halogens is 1. The minimum absolute atomic E-state index is 0.0615. The van der Waals surface area contributed by atoms with E-state index in [2.05, 4.69) is 14.9 Å². The first kappa shape index (κ1) is 16.3. The highest BCUT2D eigenvalue weighted by atomic mass is 19.1. The number of nitrogens with zero attached hydrogens (tertiary/aromatic N) is 4. The summed E-state index contributed by atoms with van der Waals surface area (Å²) >= 11 is 0. The molecular formula is C18H18FN5O2. The van der Waals surface area contributed by atoms with Gasteiger partial charge in [0.15, 0.2) is 0 Å². The van der Waals surface area contributed by atoms with Crippen molar-refractivity contribution in [3.63, 3.8) is 0 Å². The van der Waals surface area contributed by atoms with E-state index in [1.165, 1.54) is 22.8 Å². The Kier molecular flexibility index (Phi) is 4.16. The molecule has 1 N–H and O–H groups in total. The zero-order valence-corrected chi connectivity index (χ0v) is 14.1. The topological polar surface area (TPSA) is 74.2 Å². The van der Waals surface area contributed by atoms with Crippen LogP contribution >= 0.6 is 0 Å². The van der Waals surface area contributed by atoms with E-state index in [1.807, 2.05) is 18.2 Å². The van der Waals surface area contributed by atoms with Crippen molar-refractivity contribution in [3.8, 4) is 0 Å². The Morgan fingerprint density at radius 2 is 1.96 bits per heavy atom. The quantitative estimate of drug-likeness (QED) is 0.766. The van der Waals surface area contributed by atoms with Gasteiger partial charge >= 0.3 is 5.69 Å². The number of aromatic amines is 1. The molecule has 1 fully saturated rings. The van der Waals surface area contributed by atoms with Crippen molar-refractivity contribution in [1.82, 2.24) is 19.4 Å². The maximum Gasteiger partial charge on any atom is 0.326 e. The number of hydrogen-bond donors (Lipinski definition) is 1. The van der Waals surface area contributed by atoms with E-state index in [1.54, 1.807) is 11.1 Å². The zero-order chi connectivity index (χ0) is 18.1. The first-order chi connectivity index (χ1) is 12.6. The molecule has 1 aromatic carbocycles. The smallest absolute Gasteiger partial charge is 0.326 e. The summed E-state index contributed by atoms with van der Waals surface area (Å²) in [6.07, 6.45) is 1.75. The number of imidazole rings is 1. The molecule has 1 aliphatic heterocycles. The van der Waals surface area contributed by atoms with Crippen LogP contribution in [0.5, 0.6) is 0 Å². The Morgan fingerprint density at radius 3 is 2.69 bits per heavy atom. The van der Waals surface area contributed by atoms with Crippen molar-refractivity contribution in [3.05, 3.63) is 58.9 Å². The van der Waals surface area contributed by atoms with Gasteiger partial charge in [0, 0.05) is 32.4 Å². The van der Waals surface area contributed by atoms with Crippen LogP contribution in [0.3, 0.4) is 0 Å². The number of carbonyl (C=O) groups is 1. The first-order valence-corrected chi connectivity index (χ1v) is 8.43. The molecule has 0 saturated carbocycles. The highest BCUT2D eigenvalue weighted by Crippen LogP contribution is 2.14. The molecular weight excluding hydrogens is 337 g/mol. The maximum absolute atomic E-state index is 13.3. The average molecular weight is 355 g/mol. The molecule has 0 aliphatic carbocycles. The molecule has 26 heavy (non-hydrogen) atoms. The summed E-state index contributed by atoms with van der Waals surface area (Å²) in [4.78, 5) is 35.5. The fourth-order valence-electron chi connectivity index (χ4n) is 3.25. The molecule has 7 nitrogen and oxygen atoms in total. The molecule has 0 unspecified atom stereocenters. The van der Waals surface area contributed by atoms with E-state index in [9.17, 15) is 14.0 Å².